The summed E-state index contributed by atoms with van der Waals surface area (Å²) in [5, 5.41) is 16.0. The van der Waals surface area contributed by atoms with Gasteiger partial charge in [-0.3, -0.25) is 15.0 Å². The van der Waals surface area contributed by atoms with E-state index in [0.717, 1.165) is 41.3 Å². The van der Waals surface area contributed by atoms with Crippen molar-refractivity contribution in [3.63, 3.8) is 0 Å². The van der Waals surface area contributed by atoms with Crippen molar-refractivity contribution in [2.75, 3.05) is 53.3 Å². The molecule has 1 atom stereocenters. The Morgan fingerprint density at radius 3 is 2.42 bits per heavy atom. The number of carbonyl (C=O) groups excluding carboxylic acids is 1. The van der Waals surface area contributed by atoms with Gasteiger partial charge in [0.2, 0.25) is 0 Å². The van der Waals surface area contributed by atoms with E-state index in [-0.39, 0.29) is 12.3 Å². The van der Waals surface area contributed by atoms with Crippen molar-refractivity contribution in [2.24, 2.45) is 0 Å². The first-order valence-corrected chi connectivity index (χ1v) is 16.5. The Kier molecular flexibility index (Phi) is 11.4. The molecule has 1 aliphatic heterocycles. The zero-order valence-electron chi connectivity index (χ0n) is 27.9. The SMILES string of the molecule is COc1ccc(CCN(C)Cc2nsc3c2C(c2cccc([N+](=O)[O-])c2)C(C(=O)OCCN(C)Cc2ccccc2)=C(C)N3)cc1OC. The molecule has 11 nitrogen and oxygen atoms in total. The number of esters is 1. The Bertz CT molecular complexity index is 1780. The van der Waals surface area contributed by atoms with E-state index >= 15 is 0 Å². The predicted molar refractivity (Wildman–Crippen MR) is 187 cm³/mol. The first kappa shape index (κ1) is 34.6. The number of carbonyl (C=O) groups is 1. The van der Waals surface area contributed by atoms with Crippen molar-refractivity contribution in [3.05, 3.63) is 122 Å². The lowest BCUT2D eigenvalue weighted by Gasteiger charge is -2.29. The van der Waals surface area contributed by atoms with Gasteiger partial charge >= 0.3 is 5.97 Å². The Balaban J connectivity index is 1.36. The van der Waals surface area contributed by atoms with Gasteiger partial charge in [0.1, 0.15) is 11.6 Å². The summed E-state index contributed by atoms with van der Waals surface area (Å²) in [5.74, 6) is 0.305. The van der Waals surface area contributed by atoms with Gasteiger partial charge in [0.25, 0.3) is 5.69 Å². The Morgan fingerprint density at radius 1 is 0.938 bits per heavy atom. The van der Waals surface area contributed by atoms with Gasteiger partial charge in [0.15, 0.2) is 11.5 Å². The van der Waals surface area contributed by atoms with Gasteiger partial charge in [-0.15, -0.1) is 0 Å². The molecule has 0 aliphatic carbocycles. The maximum absolute atomic E-state index is 13.9. The first-order chi connectivity index (χ1) is 23.2. The zero-order chi connectivity index (χ0) is 34.2. The summed E-state index contributed by atoms with van der Waals surface area (Å²) in [6.07, 6.45) is 0.769. The van der Waals surface area contributed by atoms with Gasteiger partial charge in [-0.05, 0) is 67.8 Å². The Hall–Kier alpha value is -4.78. The van der Waals surface area contributed by atoms with Crippen molar-refractivity contribution in [2.45, 2.75) is 32.4 Å². The lowest BCUT2D eigenvalue weighted by Crippen LogP contribution is -2.28. The second-order valence-electron chi connectivity index (χ2n) is 11.9. The van der Waals surface area contributed by atoms with Crippen LogP contribution in [0.1, 0.15) is 40.8 Å². The topological polar surface area (TPSA) is 119 Å². The Labute approximate surface area is 285 Å². The van der Waals surface area contributed by atoms with Gasteiger partial charge in [-0.1, -0.05) is 48.5 Å². The van der Waals surface area contributed by atoms with Crippen LogP contribution in [0.15, 0.2) is 84.1 Å². The molecule has 1 aromatic heterocycles. The highest BCUT2D eigenvalue weighted by molar-refractivity contribution is 7.10. The number of nitro benzene ring substituents is 1. The summed E-state index contributed by atoms with van der Waals surface area (Å²) in [4.78, 5) is 29.5. The number of non-ortho nitro benzene ring substituents is 1. The van der Waals surface area contributed by atoms with Crippen LogP contribution in [0.5, 0.6) is 11.5 Å². The molecular formula is C36H41N5O6S. The smallest absolute Gasteiger partial charge is 0.336 e. The number of aromatic nitrogens is 1. The Morgan fingerprint density at radius 2 is 1.69 bits per heavy atom. The molecule has 2 heterocycles. The van der Waals surface area contributed by atoms with Gasteiger partial charge in [-0.25, -0.2) is 4.79 Å². The number of nitro groups is 1. The molecule has 1 unspecified atom stereocenters. The van der Waals surface area contributed by atoms with E-state index in [9.17, 15) is 14.9 Å². The molecule has 3 aromatic carbocycles. The van der Waals surface area contributed by atoms with Crippen LogP contribution in [0.25, 0.3) is 0 Å². The molecule has 0 radical (unpaired) electrons. The molecule has 5 rings (SSSR count). The summed E-state index contributed by atoms with van der Waals surface area (Å²) < 4.78 is 21.5. The lowest BCUT2D eigenvalue weighted by atomic mass is 9.81. The van der Waals surface area contributed by atoms with Crippen LogP contribution in [0.3, 0.4) is 0 Å². The van der Waals surface area contributed by atoms with Gasteiger partial charge in [0, 0.05) is 55.5 Å². The molecule has 48 heavy (non-hydrogen) atoms. The van der Waals surface area contributed by atoms with Crippen LogP contribution >= 0.6 is 11.5 Å². The molecule has 0 fully saturated rings. The van der Waals surface area contributed by atoms with Crippen molar-refractivity contribution in [3.8, 4) is 11.5 Å². The summed E-state index contributed by atoms with van der Waals surface area (Å²) in [6, 6.07) is 22.5. The maximum Gasteiger partial charge on any atom is 0.336 e. The van der Waals surface area contributed by atoms with E-state index < -0.39 is 16.8 Å². The quantitative estimate of drug-likeness (QED) is 0.0883. The fourth-order valence-electron chi connectivity index (χ4n) is 5.89. The van der Waals surface area contributed by atoms with Crippen molar-refractivity contribution < 1.29 is 23.9 Å². The van der Waals surface area contributed by atoms with Crippen LogP contribution in [0, 0.1) is 10.1 Å². The standard InChI is InChI=1S/C36H41N5O6S/c1-24-32(36(42)47-19-18-40(3)22-26-10-7-6-8-11-26)33(27-12-9-13-28(21-27)41(43)44)34-29(38-48-35(34)37-24)23-39(2)17-16-25-14-15-30(45-4)31(20-25)46-5/h6-15,20-21,33,37H,16-19,22-23H2,1-5H3. The van der Waals surface area contributed by atoms with Crippen molar-refractivity contribution in [1.82, 2.24) is 14.2 Å². The number of nitrogens with one attached hydrogen (secondary N) is 1. The molecule has 12 heteroatoms. The van der Waals surface area contributed by atoms with Crippen LogP contribution in [-0.2, 0) is 29.0 Å². The number of rotatable bonds is 15. The maximum atomic E-state index is 13.9. The van der Waals surface area contributed by atoms with Crippen LogP contribution in [-0.4, -0.2) is 73.1 Å². The number of hydrogen-bond acceptors (Lipinski definition) is 11. The summed E-state index contributed by atoms with van der Waals surface area (Å²) in [7, 11) is 7.24. The highest BCUT2D eigenvalue weighted by Crippen LogP contribution is 2.46. The summed E-state index contributed by atoms with van der Waals surface area (Å²) in [5.41, 5.74) is 5.55. The van der Waals surface area contributed by atoms with Crippen LogP contribution in [0.4, 0.5) is 10.7 Å². The minimum atomic E-state index is -0.594. The number of methoxy groups -OCH3 is 2. The zero-order valence-corrected chi connectivity index (χ0v) is 28.7. The summed E-state index contributed by atoms with van der Waals surface area (Å²) >= 11 is 1.32. The van der Waals surface area contributed by atoms with E-state index in [4.69, 9.17) is 18.6 Å². The van der Waals surface area contributed by atoms with E-state index in [1.807, 2.05) is 63.5 Å². The largest absolute Gasteiger partial charge is 0.493 e. The normalized spacial score (nSPS) is 14.1. The third kappa shape index (κ3) is 8.19. The second-order valence-corrected chi connectivity index (χ2v) is 12.6. The third-order valence-electron chi connectivity index (χ3n) is 8.37. The highest BCUT2D eigenvalue weighted by Gasteiger charge is 2.37. The first-order valence-electron chi connectivity index (χ1n) is 15.7. The molecule has 0 saturated heterocycles. The number of likely N-dealkylation sites (N-methyl/N-ethyl adjacent to an activating group) is 2. The minimum absolute atomic E-state index is 0.0442. The summed E-state index contributed by atoms with van der Waals surface area (Å²) in [6.45, 7) is 4.55. The number of fused-ring (bicyclic) bond motifs is 1. The molecular weight excluding hydrogens is 630 g/mol. The van der Waals surface area contributed by atoms with Crippen molar-refractivity contribution >= 4 is 28.2 Å². The highest BCUT2D eigenvalue weighted by atomic mass is 32.1. The fraction of sp³-hybridized carbons (Fsp3) is 0.333. The molecule has 0 spiro atoms. The number of anilines is 1. The average Bonchev–Trinajstić information content (AvgIpc) is 3.48. The number of hydrogen-bond donors (Lipinski definition) is 1. The number of benzene rings is 3. The van der Waals surface area contributed by atoms with E-state index in [0.29, 0.717) is 41.4 Å². The molecule has 0 amide bonds. The fourth-order valence-corrected chi connectivity index (χ4v) is 6.78. The minimum Gasteiger partial charge on any atom is -0.493 e. The molecule has 0 bridgehead atoms. The van der Waals surface area contributed by atoms with E-state index in [2.05, 4.69) is 27.2 Å². The molecule has 252 valence electrons. The second kappa shape index (κ2) is 15.9. The average molecular weight is 672 g/mol. The van der Waals surface area contributed by atoms with Gasteiger partial charge in [0.05, 0.1) is 30.4 Å². The van der Waals surface area contributed by atoms with Crippen molar-refractivity contribution in [1.29, 1.82) is 0 Å². The lowest BCUT2D eigenvalue weighted by molar-refractivity contribution is -0.384. The van der Waals surface area contributed by atoms with E-state index in [1.165, 1.54) is 29.2 Å². The number of nitrogens with zero attached hydrogens (tertiary/aromatic N) is 4. The van der Waals surface area contributed by atoms with E-state index in [1.54, 1.807) is 20.3 Å². The number of ether oxygens (including phenoxy) is 3. The molecule has 0 saturated carbocycles. The monoisotopic (exact) mass is 671 g/mol. The molecule has 1 aliphatic rings. The van der Waals surface area contributed by atoms with Gasteiger partial charge < -0.3 is 24.4 Å². The third-order valence-corrected chi connectivity index (χ3v) is 9.19. The molecule has 1 N–H and O–H groups in total. The van der Waals surface area contributed by atoms with Gasteiger partial charge in [-0.2, -0.15) is 4.37 Å². The van der Waals surface area contributed by atoms with Crippen LogP contribution < -0.4 is 14.8 Å². The number of allylic oxidation sites excluding steroid dienone is 1. The predicted octanol–water partition coefficient (Wildman–Crippen LogP) is 6.25. The van der Waals surface area contributed by atoms with Crippen LogP contribution in [0.2, 0.25) is 0 Å². The molecule has 4 aromatic rings.